The predicted molar refractivity (Wildman–Crippen MR) is 74.2 cm³/mol. The SMILES string of the molecule is CC(C)C(O)C(C)(C)CNC(=O)CCC1CCC1. The first-order valence-corrected chi connectivity index (χ1v) is 7.27. The van der Waals surface area contributed by atoms with Gasteiger partial charge in [-0.2, -0.15) is 0 Å². The molecular formula is C15H29NO2. The van der Waals surface area contributed by atoms with Gasteiger partial charge in [-0.05, 0) is 18.3 Å². The summed E-state index contributed by atoms with van der Waals surface area (Å²) in [6.45, 7) is 8.57. The van der Waals surface area contributed by atoms with Gasteiger partial charge in [0.15, 0.2) is 0 Å². The lowest BCUT2D eigenvalue weighted by Gasteiger charge is -2.33. The zero-order chi connectivity index (χ0) is 13.8. The third-order valence-electron chi connectivity index (χ3n) is 4.18. The van der Waals surface area contributed by atoms with E-state index in [1.807, 2.05) is 27.7 Å². The summed E-state index contributed by atoms with van der Waals surface area (Å²) in [6, 6.07) is 0. The minimum absolute atomic E-state index is 0.130. The van der Waals surface area contributed by atoms with Gasteiger partial charge in [-0.3, -0.25) is 4.79 Å². The Bertz CT molecular complexity index is 270. The second kappa shape index (κ2) is 6.55. The Morgan fingerprint density at radius 2 is 2.00 bits per heavy atom. The minimum atomic E-state index is -0.385. The maximum absolute atomic E-state index is 11.7. The molecule has 0 aliphatic heterocycles. The molecule has 1 unspecified atom stereocenters. The summed E-state index contributed by atoms with van der Waals surface area (Å²) in [6.07, 6.45) is 5.21. The minimum Gasteiger partial charge on any atom is -0.392 e. The van der Waals surface area contributed by atoms with E-state index in [0.29, 0.717) is 13.0 Å². The summed E-state index contributed by atoms with van der Waals surface area (Å²) in [5.74, 6) is 1.13. The Morgan fingerprint density at radius 3 is 2.44 bits per heavy atom. The average Bonchev–Trinajstić information content (AvgIpc) is 2.23. The Kier molecular flexibility index (Phi) is 5.64. The van der Waals surface area contributed by atoms with Crippen molar-refractivity contribution in [2.24, 2.45) is 17.3 Å². The fourth-order valence-electron chi connectivity index (χ4n) is 2.54. The van der Waals surface area contributed by atoms with E-state index in [1.165, 1.54) is 19.3 Å². The molecular weight excluding hydrogens is 226 g/mol. The Hall–Kier alpha value is -0.570. The van der Waals surface area contributed by atoms with Gasteiger partial charge in [0.25, 0.3) is 0 Å². The number of nitrogens with one attached hydrogen (secondary N) is 1. The first-order chi connectivity index (χ1) is 8.33. The Morgan fingerprint density at radius 1 is 1.39 bits per heavy atom. The van der Waals surface area contributed by atoms with Crippen LogP contribution in [-0.2, 0) is 4.79 Å². The second-order valence-electron chi connectivity index (χ2n) is 6.79. The molecule has 1 saturated carbocycles. The van der Waals surface area contributed by atoms with Crippen LogP contribution in [0.5, 0.6) is 0 Å². The summed E-state index contributed by atoms with van der Waals surface area (Å²) in [5.41, 5.74) is -0.264. The fraction of sp³-hybridized carbons (Fsp3) is 0.933. The maximum atomic E-state index is 11.7. The molecule has 0 radical (unpaired) electrons. The maximum Gasteiger partial charge on any atom is 0.220 e. The van der Waals surface area contributed by atoms with Gasteiger partial charge in [0, 0.05) is 18.4 Å². The van der Waals surface area contributed by atoms with E-state index >= 15 is 0 Å². The molecule has 1 aliphatic rings. The van der Waals surface area contributed by atoms with Crippen molar-refractivity contribution in [3.05, 3.63) is 0 Å². The predicted octanol–water partition coefficient (Wildman–Crippen LogP) is 2.73. The quantitative estimate of drug-likeness (QED) is 0.735. The molecule has 0 aromatic carbocycles. The number of carbonyl (C=O) groups excluding carboxylic acids is 1. The molecule has 106 valence electrons. The number of aliphatic hydroxyl groups is 1. The molecule has 1 atom stereocenters. The molecule has 1 rings (SSSR count). The average molecular weight is 255 g/mol. The molecule has 1 amide bonds. The van der Waals surface area contributed by atoms with E-state index in [0.717, 1.165) is 12.3 Å². The van der Waals surface area contributed by atoms with E-state index in [-0.39, 0.29) is 23.3 Å². The van der Waals surface area contributed by atoms with E-state index in [4.69, 9.17) is 0 Å². The summed E-state index contributed by atoms with van der Waals surface area (Å²) in [7, 11) is 0. The van der Waals surface area contributed by atoms with Crippen LogP contribution in [-0.4, -0.2) is 23.7 Å². The van der Waals surface area contributed by atoms with Gasteiger partial charge in [0.05, 0.1) is 6.10 Å². The van der Waals surface area contributed by atoms with E-state index in [9.17, 15) is 9.90 Å². The van der Waals surface area contributed by atoms with Crippen molar-refractivity contribution in [3.63, 3.8) is 0 Å². The van der Waals surface area contributed by atoms with Crippen molar-refractivity contribution in [1.29, 1.82) is 0 Å². The Balaban J connectivity index is 2.23. The lowest BCUT2D eigenvalue weighted by atomic mass is 9.80. The van der Waals surface area contributed by atoms with Crippen molar-refractivity contribution in [2.75, 3.05) is 6.54 Å². The van der Waals surface area contributed by atoms with Gasteiger partial charge in [0.1, 0.15) is 0 Å². The molecule has 1 aliphatic carbocycles. The highest BCUT2D eigenvalue weighted by Crippen LogP contribution is 2.30. The zero-order valence-corrected chi connectivity index (χ0v) is 12.3. The first kappa shape index (κ1) is 15.5. The van der Waals surface area contributed by atoms with Gasteiger partial charge in [-0.25, -0.2) is 0 Å². The molecule has 0 spiro atoms. The summed E-state index contributed by atoms with van der Waals surface area (Å²) in [5, 5.41) is 13.0. The summed E-state index contributed by atoms with van der Waals surface area (Å²) in [4.78, 5) is 11.7. The van der Waals surface area contributed by atoms with Crippen LogP contribution in [0.15, 0.2) is 0 Å². The number of hydrogen-bond acceptors (Lipinski definition) is 2. The molecule has 0 bridgehead atoms. The topological polar surface area (TPSA) is 49.3 Å². The molecule has 0 aromatic rings. The summed E-state index contributed by atoms with van der Waals surface area (Å²) >= 11 is 0. The van der Waals surface area contributed by atoms with Crippen LogP contribution in [0.1, 0.15) is 59.8 Å². The standard InChI is InChI=1S/C15H29NO2/c1-11(2)14(18)15(3,4)10-16-13(17)9-8-12-6-5-7-12/h11-12,14,18H,5-10H2,1-4H3,(H,16,17). The third kappa shape index (κ3) is 4.60. The highest BCUT2D eigenvalue weighted by Gasteiger charge is 2.30. The second-order valence-corrected chi connectivity index (χ2v) is 6.79. The van der Waals surface area contributed by atoms with Crippen molar-refractivity contribution >= 4 is 5.91 Å². The van der Waals surface area contributed by atoms with Gasteiger partial charge in [0.2, 0.25) is 5.91 Å². The van der Waals surface area contributed by atoms with E-state index in [1.54, 1.807) is 0 Å². The van der Waals surface area contributed by atoms with Crippen LogP contribution < -0.4 is 5.32 Å². The van der Waals surface area contributed by atoms with E-state index in [2.05, 4.69) is 5.32 Å². The van der Waals surface area contributed by atoms with Crippen LogP contribution in [0.2, 0.25) is 0 Å². The highest BCUT2D eigenvalue weighted by molar-refractivity contribution is 5.75. The van der Waals surface area contributed by atoms with Crippen molar-refractivity contribution in [1.82, 2.24) is 5.32 Å². The van der Waals surface area contributed by atoms with Crippen LogP contribution in [0.4, 0.5) is 0 Å². The number of amides is 1. The smallest absolute Gasteiger partial charge is 0.220 e. The molecule has 0 saturated heterocycles. The number of aliphatic hydroxyl groups excluding tert-OH is 1. The molecule has 18 heavy (non-hydrogen) atoms. The van der Waals surface area contributed by atoms with Gasteiger partial charge < -0.3 is 10.4 Å². The lowest BCUT2D eigenvalue weighted by Crippen LogP contribution is -2.43. The molecule has 1 fully saturated rings. The first-order valence-electron chi connectivity index (χ1n) is 7.27. The number of rotatable bonds is 7. The molecule has 0 heterocycles. The molecule has 3 nitrogen and oxygen atoms in total. The van der Waals surface area contributed by atoms with Crippen molar-refractivity contribution < 1.29 is 9.90 Å². The molecule has 3 heteroatoms. The zero-order valence-electron chi connectivity index (χ0n) is 12.3. The monoisotopic (exact) mass is 255 g/mol. The molecule has 0 aromatic heterocycles. The van der Waals surface area contributed by atoms with Gasteiger partial charge in [-0.1, -0.05) is 47.0 Å². The van der Waals surface area contributed by atoms with Crippen LogP contribution in [0, 0.1) is 17.3 Å². The van der Waals surface area contributed by atoms with Crippen LogP contribution in [0.3, 0.4) is 0 Å². The lowest BCUT2D eigenvalue weighted by molar-refractivity contribution is -0.122. The third-order valence-corrected chi connectivity index (χ3v) is 4.18. The van der Waals surface area contributed by atoms with E-state index < -0.39 is 0 Å². The molecule has 2 N–H and O–H groups in total. The van der Waals surface area contributed by atoms with Crippen molar-refractivity contribution in [3.8, 4) is 0 Å². The van der Waals surface area contributed by atoms with Crippen LogP contribution in [0.25, 0.3) is 0 Å². The summed E-state index contributed by atoms with van der Waals surface area (Å²) < 4.78 is 0. The largest absolute Gasteiger partial charge is 0.392 e. The van der Waals surface area contributed by atoms with Crippen LogP contribution >= 0.6 is 0 Å². The van der Waals surface area contributed by atoms with Gasteiger partial charge >= 0.3 is 0 Å². The Labute approximate surface area is 111 Å². The highest BCUT2D eigenvalue weighted by atomic mass is 16.3. The number of carbonyl (C=O) groups is 1. The fourth-order valence-corrected chi connectivity index (χ4v) is 2.54. The number of hydrogen-bond donors (Lipinski definition) is 2. The van der Waals surface area contributed by atoms with Gasteiger partial charge in [-0.15, -0.1) is 0 Å². The normalized spacial score (nSPS) is 18.6. The van der Waals surface area contributed by atoms with Crippen molar-refractivity contribution in [2.45, 2.75) is 65.9 Å².